The van der Waals surface area contributed by atoms with E-state index >= 15 is 0 Å². The summed E-state index contributed by atoms with van der Waals surface area (Å²) in [5.41, 5.74) is 8.01. The Morgan fingerprint density at radius 1 is 1.24 bits per heavy atom. The van der Waals surface area contributed by atoms with Gasteiger partial charge >= 0.3 is 0 Å². The molecule has 0 amide bonds. The van der Waals surface area contributed by atoms with Gasteiger partial charge in [-0.15, -0.1) is 6.42 Å². The maximum absolute atomic E-state index is 6.05. The Morgan fingerprint density at radius 3 is 2.53 bits per heavy atom. The first-order chi connectivity index (χ1) is 8.20. The molecule has 0 aliphatic heterocycles. The fourth-order valence-electron chi connectivity index (χ4n) is 1.94. The predicted molar refractivity (Wildman–Crippen MR) is 73.5 cm³/mol. The number of nitrogens with zero attached hydrogens (tertiary/aromatic N) is 1. The Bertz CT molecular complexity index is 567. The molecule has 86 valence electrons. The SMILES string of the molecule is C#CCN(C)Cc1cc2ccccc2cc1N. The summed E-state index contributed by atoms with van der Waals surface area (Å²) in [7, 11) is 1.99. The third kappa shape index (κ3) is 2.58. The maximum Gasteiger partial charge on any atom is 0.0599 e. The van der Waals surface area contributed by atoms with Gasteiger partial charge in [-0.3, -0.25) is 4.90 Å². The number of terminal acetylenes is 1. The number of fused-ring (bicyclic) bond motifs is 1. The van der Waals surface area contributed by atoms with Crippen LogP contribution in [0.15, 0.2) is 36.4 Å². The van der Waals surface area contributed by atoms with Crippen molar-refractivity contribution in [3.05, 3.63) is 42.0 Å². The Labute approximate surface area is 102 Å². The van der Waals surface area contributed by atoms with E-state index in [0.717, 1.165) is 17.8 Å². The molecule has 17 heavy (non-hydrogen) atoms. The van der Waals surface area contributed by atoms with Crippen LogP contribution in [0.1, 0.15) is 5.56 Å². The molecule has 0 unspecified atom stereocenters. The van der Waals surface area contributed by atoms with Crippen LogP contribution >= 0.6 is 0 Å². The van der Waals surface area contributed by atoms with Crippen LogP contribution in [0, 0.1) is 12.3 Å². The molecule has 2 aromatic carbocycles. The molecule has 2 rings (SSSR count). The van der Waals surface area contributed by atoms with Gasteiger partial charge in [-0.1, -0.05) is 30.2 Å². The molecule has 2 nitrogen and oxygen atoms in total. The van der Waals surface area contributed by atoms with E-state index in [2.05, 4.69) is 29.0 Å². The molecule has 0 fully saturated rings. The second kappa shape index (κ2) is 4.90. The van der Waals surface area contributed by atoms with Crippen LogP contribution in [0.4, 0.5) is 5.69 Å². The van der Waals surface area contributed by atoms with E-state index in [0.29, 0.717) is 6.54 Å². The van der Waals surface area contributed by atoms with Crippen LogP contribution in [0.3, 0.4) is 0 Å². The summed E-state index contributed by atoms with van der Waals surface area (Å²) in [5, 5.41) is 2.39. The standard InChI is InChI=1S/C15H16N2/c1-3-8-17(2)11-14-9-12-6-4-5-7-13(12)10-15(14)16/h1,4-7,9-10H,8,11,16H2,2H3. The number of nitrogens with two attached hydrogens (primary N) is 1. The van der Waals surface area contributed by atoms with Gasteiger partial charge in [0.2, 0.25) is 0 Å². The Hall–Kier alpha value is -1.98. The zero-order valence-corrected chi connectivity index (χ0v) is 9.98. The van der Waals surface area contributed by atoms with Crippen molar-refractivity contribution in [3.8, 4) is 12.3 Å². The van der Waals surface area contributed by atoms with Crippen LogP contribution in [0.2, 0.25) is 0 Å². The van der Waals surface area contributed by atoms with Gasteiger partial charge in [0, 0.05) is 12.2 Å². The van der Waals surface area contributed by atoms with Crippen LogP contribution in [0.25, 0.3) is 10.8 Å². The number of hydrogen-bond donors (Lipinski definition) is 1. The minimum absolute atomic E-state index is 0.631. The minimum atomic E-state index is 0.631. The first-order valence-corrected chi connectivity index (χ1v) is 5.60. The van der Waals surface area contributed by atoms with Gasteiger partial charge in [-0.25, -0.2) is 0 Å². The van der Waals surface area contributed by atoms with Crippen molar-refractivity contribution in [2.45, 2.75) is 6.54 Å². The van der Waals surface area contributed by atoms with E-state index in [4.69, 9.17) is 12.2 Å². The highest BCUT2D eigenvalue weighted by Gasteiger charge is 2.04. The molecular formula is C15H16N2. The lowest BCUT2D eigenvalue weighted by Gasteiger charge is -2.15. The molecule has 0 spiro atoms. The highest BCUT2D eigenvalue weighted by molar-refractivity contribution is 5.86. The lowest BCUT2D eigenvalue weighted by molar-refractivity contribution is 0.370. The van der Waals surface area contributed by atoms with Crippen molar-refractivity contribution < 1.29 is 0 Å². The summed E-state index contributed by atoms with van der Waals surface area (Å²) in [6, 6.07) is 12.4. The summed E-state index contributed by atoms with van der Waals surface area (Å²) >= 11 is 0. The van der Waals surface area contributed by atoms with Crippen molar-refractivity contribution in [3.63, 3.8) is 0 Å². The minimum Gasteiger partial charge on any atom is -0.398 e. The van der Waals surface area contributed by atoms with E-state index < -0.39 is 0 Å². The zero-order chi connectivity index (χ0) is 12.3. The topological polar surface area (TPSA) is 29.3 Å². The van der Waals surface area contributed by atoms with E-state index in [9.17, 15) is 0 Å². The molecule has 0 atom stereocenters. The Morgan fingerprint density at radius 2 is 1.88 bits per heavy atom. The molecule has 0 aliphatic rings. The van der Waals surface area contributed by atoms with Crippen LogP contribution in [0.5, 0.6) is 0 Å². The second-order valence-corrected chi connectivity index (χ2v) is 4.27. The molecule has 0 radical (unpaired) electrons. The summed E-state index contributed by atoms with van der Waals surface area (Å²) < 4.78 is 0. The normalized spacial score (nSPS) is 10.6. The summed E-state index contributed by atoms with van der Waals surface area (Å²) in [5.74, 6) is 2.63. The first-order valence-electron chi connectivity index (χ1n) is 5.60. The summed E-state index contributed by atoms with van der Waals surface area (Å²) in [6.07, 6.45) is 5.29. The van der Waals surface area contributed by atoms with Crippen LogP contribution < -0.4 is 5.73 Å². The lowest BCUT2D eigenvalue weighted by atomic mass is 10.0. The molecule has 2 aromatic rings. The predicted octanol–water partition coefficient (Wildman–Crippen LogP) is 2.49. The highest BCUT2D eigenvalue weighted by atomic mass is 15.1. The van der Waals surface area contributed by atoms with Crippen molar-refractivity contribution >= 4 is 16.5 Å². The van der Waals surface area contributed by atoms with Gasteiger partial charge in [0.25, 0.3) is 0 Å². The monoisotopic (exact) mass is 224 g/mol. The average Bonchev–Trinajstić information content (AvgIpc) is 2.30. The molecule has 0 aromatic heterocycles. The quantitative estimate of drug-likeness (QED) is 0.641. The van der Waals surface area contributed by atoms with Crippen LogP contribution in [-0.2, 0) is 6.54 Å². The Balaban J connectivity index is 2.34. The van der Waals surface area contributed by atoms with Gasteiger partial charge < -0.3 is 5.73 Å². The number of anilines is 1. The van der Waals surface area contributed by atoms with Crippen molar-refractivity contribution in [2.75, 3.05) is 19.3 Å². The lowest BCUT2D eigenvalue weighted by Crippen LogP contribution is -2.18. The van der Waals surface area contributed by atoms with E-state index in [1.54, 1.807) is 0 Å². The molecule has 0 saturated heterocycles. The molecule has 0 bridgehead atoms. The zero-order valence-electron chi connectivity index (χ0n) is 9.98. The van der Waals surface area contributed by atoms with Gasteiger partial charge in [0.1, 0.15) is 0 Å². The number of benzene rings is 2. The van der Waals surface area contributed by atoms with Crippen molar-refractivity contribution in [1.82, 2.24) is 4.90 Å². The van der Waals surface area contributed by atoms with Gasteiger partial charge in [0.05, 0.1) is 6.54 Å². The number of nitrogen functional groups attached to an aromatic ring is 1. The van der Waals surface area contributed by atoms with Gasteiger partial charge in [-0.05, 0) is 35.5 Å². The molecule has 2 heteroatoms. The first kappa shape index (κ1) is 11.5. The molecule has 0 aliphatic carbocycles. The summed E-state index contributed by atoms with van der Waals surface area (Å²) in [6.45, 7) is 1.41. The molecular weight excluding hydrogens is 208 g/mol. The maximum atomic E-state index is 6.05. The highest BCUT2D eigenvalue weighted by Crippen LogP contribution is 2.22. The molecule has 2 N–H and O–H groups in total. The van der Waals surface area contributed by atoms with E-state index in [-0.39, 0.29) is 0 Å². The second-order valence-electron chi connectivity index (χ2n) is 4.27. The molecule has 0 saturated carbocycles. The number of rotatable bonds is 3. The third-order valence-corrected chi connectivity index (χ3v) is 2.81. The summed E-state index contributed by atoms with van der Waals surface area (Å²) in [4.78, 5) is 2.07. The van der Waals surface area contributed by atoms with Crippen molar-refractivity contribution in [1.29, 1.82) is 0 Å². The van der Waals surface area contributed by atoms with Crippen molar-refractivity contribution in [2.24, 2.45) is 0 Å². The molecule has 0 heterocycles. The smallest absolute Gasteiger partial charge is 0.0599 e. The van der Waals surface area contributed by atoms with E-state index in [1.165, 1.54) is 10.8 Å². The fourth-order valence-corrected chi connectivity index (χ4v) is 1.94. The number of hydrogen-bond acceptors (Lipinski definition) is 2. The van der Waals surface area contributed by atoms with Crippen LogP contribution in [-0.4, -0.2) is 18.5 Å². The third-order valence-electron chi connectivity index (χ3n) is 2.81. The van der Waals surface area contributed by atoms with E-state index in [1.807, 2.05) is 25.2 Å². The Kier molecular flexibility index (Phi) is 3.32. The average molecular weight is 224 g/mol. The fraction of sp³-hybridized carbons (Fsp3) is 0.200. The largest absolute Gasteiger partial charge is 0.398 e. The van der Waals surface area contributed by atoms with Gasteiger partial charge in [-0.2, -0.15) is 0 Å². The van der Waals surface area contributed by atoms with Gasteiger partial charge in [0.15, 0.2) is 0 Å².